The molecular weight excluding hydrogens is 297 g/mol. The van der Waals surface area contributed by atoms with Crippen molar-refractivity contribution in [2.24, 2.45) is 0 Å². The first-order valence-electron chi connectivity index (χ1n) is 7.21. The van der Waals surface area contributed by atoms with E-state index in [0.29, 0.717) is 24.3 Å². The number of nitrogens with one attached hydrogen (secondary N) is 2. The summed E-state index contributed by atoms with van der Waals surface area (Å²) >= 11 is 0. The minimum absolute atomic E-state index is 0.183. The average Bonchev–Trinajstić information content (AvgIpc) is 3.02. The van der Waals surface area contributed by atoms with Crippen LogP contribution in [0.15, 0.2) is 42.7 Å². The Morgan fingerprint density at radius 3 is 3.00 bits per heavy atom. The van der Waals surface area contributed by atoms with Crippen LogP contribution in [-0.4, -0.2) is 29.5 Å². The second-order valence-corrected chi connectivity index (χ2v) is 5.10. The number of carbonyl (C=O) groups excluding carboxylic acids is 1. The number of aromatic amines is 1. The van der Waals surface area contributed by atoms with Gasteiger partial charge >= 0.3 is 0 Å². The lowest BCUT2D eigenvalue weighted by atomic mass is 10.1. The standard InChI is InChI=1S/C17H16FN3O2/c1-23-16-5-3-13(18)8-11(16)6-7-19-17(22)12-2-4-14-15(9-12)21-10-20-14/h2-5,8-10H,6-7H2,1H3,(H,19,22)(H,20,21). The third-order valence-electron chi connectivity index (χ3n) is 3.60. The van der Waals surface area contributed by atoms with Crippen molar-refractivity contribution in [1.29, 1.82) is 0 Å². The number of H-pyrrole nitrogens is 1. The first-order valence-corrected chi connectivity index (χ1v) is 7.21. The highest BCUT2D eigenvalue weighted by atomic mass is 19.1. The quantitative estimate of drug-likeness (QED) is 0.761. The summed E-state index contributed by atoms with van der Waals surface area (Å²) < 4.78 is 18.5. The van der Waals surface area contributed by atoms with E-state index in [0.717, 1.165) is 16.6 Å². The van der Waals surface area contributed by atoms with Crippen LogP contribution in [0.1, 0.15) is 15.9 Å². The smallest absolute Gasteiger partial charge is 0.251 e. The summed E-state index contributed by atoms with van der Waals surface area (Å²) in [6, 6.07) is 9.61. The number of methoxy groups -OCH3 is 1. The second kappa shape index (κ2) is 6.48. The third-order valence-corrected chi connectivity index (χ3v) is 3.60. The van der Waals surface area contributed by atoms with Gasteiger partial charge in [0.15, 0.2) is 0 Å². The Morgan fingerprint density at radius 2 is 2.17 bits per heavy atom. The molecule has 0 unspecified atom stereocenters. The number of hydrogen-bond acceptors (Lipinski definition) is 3. The molecule has 0 saturated heterocycles. The molecule has 1 aromatic heterocycles. The van der Waals surface area contributed by atoms with E-state index in [2.05, 4.69) is 15.3 Å². The molecule has 2 aromatic carbocycles. The molecule has 0 radical (unpaired) electrons. The van der Waals surface area contributed by atoms with Crippen LogP contribution in [0.4, 0.5) is 4.39 Å². The SMILES string of the molecule is COc1ccc(F)cc1CCNC(=O)c1ccc2nc[nH]c2c1. The molecule has 2 N–H and O–H groups in total. The molecule has 118 valence electrons. The van der Waals surface area contributed by atoms with Crippen molar-refractivity contribution in [2.75, 3.05) is 13.7 Å². The Balaban J connectivity index is 1.64. The number of imidazole rings is 1. The molecule has 0 aliphatic carbocycles. The number of ether oxygens (including phenoxy) is 1. The fourth-order valence-corrected chi connectivity index (χ4v) is 2.43. The van der Waals surface area contributed by atoms with Gasteiger partial charge < -0.3 is 15.0 Å². The molecule has 1 heterocycles. The number of carbonyl (C=O) groups is 1. The van der Waals surface area contributed by atoms with Crippen LogP contribution in [0.2, 0.25) is 0 Å². The van der Waals surface area contributed by atoms with Crippen molar-refractivity contribution >= 4 is 16.9 Å². The van der Waals surface area contributed by atoms with Crippen molar-refractivity contribution in [1.82, 2.24) is 15.3 Å². The number of nitrogens with zero attached hydrogens (tertiary/aromatic N) is 1. The summed E-state index contributed by atoms with van der Waals surface area (Å²) in [5, 5.41) is 2.82. The Hall–Kier alpha value is -2.89. The van der Waals surface area contributed by atoms with Crippen LogP contribution >= 0.6 is 0 Å². The molecule has 0 spiro atoms. The summed E-state index contributed by atoms with van der Waals surface area (Å²) in [6.45, 7) is 0.389. The van der Waals surface area contributed by atoms with Crippen LogP contribution in [0, 0.1) is 5.82 Å². The first kappa shape index (κ1) is 15.0. The normalized spacial score (nSPS) is 10.7. The van der Waals surface area contributed by atoms with Gasteiger partial charge in [-0.3, -0.25) is 4.79 Å². The maximum atomic E-state index is 13.3. The van der Waals surface area contributed by atoms with E-state index < -0.39 is 0 Å². The van der Waals surface area contributed by atoms with Gasteiger partial charge in [-0.1, -0.05) is 0 Å². The summed E-state index contributed by atoms with van der Waals surface area (Å²) in [4.78, 5) is 19.3. The highest BCUT2D eigenvalue weighted by Crippen LogP contribution is 2.19. The highest BCUT2D eigenvalue weighted by molar-refractivity contribution is 5.97. The van der Waals surface area contributed by atoms with Crippen LogP contribution in [-0.2, 0) is 6.42 Å². The molecule has 23 heavy (non-hydrogen) atoms. The van der Waals surface area contributed by atoms with Crippen molar-refractivity contribution in [2.45, 2.75) is 6.42 Å². The van der Waals surface area contributed by atoms with Gasteiger partial charge in [0.2, 0.25) is 0 Å². The molecule has 3 aromatic rings. The number of halogens is 1. The van der Waals surface area contributed by atoms with Crippen molar-refractivity contribution in [3.8, 4) is 5.75 Å². The zero-order valence-corrected chi connectivity index (χ0v) is 12.6. The van der Waals surface area contributed by atoms with Gasteiger partial charge in [0.1, 0.15) is 11.6 Å². The maximum Gasteiger partial charge on any atom is 0.251 e. The predicted molar refractivity (Wildman–Crippen MR) is 85.1 cm³/mol. The minimum Gasteiger partial charge on any atom is -0.496 e. The fraction of sp³-hybridized carbons (Fsp3) is 0.176. The molecule has 0 fully saturated rings. The number of aromatic nitrogens is 2. The summed E-state index contributed by atoms with van der Waals surface area (Å²) in [5.74, 6) is 0.105. The lowest BCUT2D eigenvalue weighted by molar-refractivity contribution is 0.0954. The molecule has 6 heteroatoms. The molecule has 1 amide bonds. The van der Waals surface area contributed by atoms with E-state index in [-0.39, 0.29) is 11.7 Å². The van der Waals surface area contributed by atoms with Gasteiger partial charge in [-0.05, 0) is 48.4 Å². The van der Waals surface area contributed by atoms with Gasteiger partial charge in [0.25, 0.3) is 5.91 Å². The summed E-state index contributed by atoms with van der Waals surface area (Å²) in [6.07, 6.45) is 2.07. The molecule has 0 saturated carbocycles. The maximum absolute atomic E-state index is 13.3. The zero-order valence-electron chi connectivity index (χ0n) is 12.6. The molecule has 0 aliphatic rings. The molecular formula is C17H16FN3O2. The number of rotatable bonds is 5. The minimum atomic E-state index is -0.322. The van der Waals surface area contributed by atoms with Gasteiger partial charge in [-0.2, -0.15) is 0 Å². The van der Waals surface area contributed by atoms with Crippen molar-refractivity contribution in [3.05, 3.63) is 59.7 Å². The fourth-order valence-electron chi connectivity index (χ4n) is 2.43. The molecule has 0 aliphatic heterocycles. The topological polar surface area (TPSA) is 67.0 Å². The first-order chi connectivity index (χ1) is 11.2. The number of hydrogen-bond donors (Lipinski definition) is 2. The van der Waals surface area contributed by atoms with E-state index in [1.165, 1.54) is 19.2 Å². The molecule has 0 atom stereocenters. The zero-order chi connectivity index (χ0) is 16.2. The molecule has 5 nitrogen and oxygen atoms in total. The van der Waals surface area contributed by atoms with Crippen LogP contribution in [0.25, 0.3) is 11.0 Å². The average molecular weight is 313 g/mol. The number of benzene rings is 2. The van der Waals surface area contributed by atoms with Gasteiger partial charge in [0, 0.05) is 12.1 Å². The van der Waals surface area contributed by atoms with Crippen molar-refractivity contribution < 1.29 is 13.9 Å². The van der Waals surface area contributed by atoms with E-state index in [4.69, 9.17) is 4.74 Å². The number of fused-ring (bicyclic) bond motifs is 1. The largest absolute Gasteiger partial charge is 0.496 e. The Kier molecular flexibility index (Phi) is 4.23. The van der Waals surface area contributed by atoms with Gasteiger partial charge in [-0.25, -0.2) is 9.37 Å². The lowest BCUT2D eigenvalue weighted by Gasteiger charge is -2.09. The molecule has 3 rings (SSSR count). The summed E-state index contributed by atoms with van der Waals surface area (Å²) in [5.41, 5.74) is 2.89. The van der Waals surface area contributed by atoms with E-state index in [9.17, 15) is 9.18 Å². The Bertz CT molecular complexity index is 845. The monoisotopic (exact) mass is 313 g/mol. The van der Waals surface area contributed by atoms with E-state index >= 15 is 0 Å². The third kappa shape index (κ3) is 3.31. The van der Waals surface area contributed by atoms with Crippen LogP contribution < -0.4 is 10.1 Å². The van der Waals surface area contributed by atoms with Gasteiger partial charge in [-0.15, -0.1) is 0 Å². The molecule has 0 bridgehead atoms. The van der Waals surface area contributed by atoms with E-state index in [1.54, 1.807) is 30.6 Å². The second-order valence-electron chi connectivity index (χ2n) is 5.10. The van der Waals surface area contributed by atoms with Crippen LogP contribution in [0.5, 0.6) is 5.75 Å². The van der Waals surface area contributed by atoms with Gasteiger partial charge in [0.05, 0.1) is 24.5 Å². The highest BCUT2D eigenvalue weighted by Gasteiger charge is 2.09. The van der Waals surface area contributed by atoms with E-state index in [1.807, 2.05) is 0 Å². The Morgan fingerprint density at radius 1 is 1.30 bits per heavy atom. The lowest BCUT2D eigenvalue weighted by Crippen LogP contribution is -2.25. The predicted octanol–water partition coefficient (Wildman–Crippen LogP) is 2.68. The van der Waals surface area contributed by atoms with Crippen LogP contribution in [0.3, 0.4) is 0 Å². The number of amides is 1. The Labute approximate surface area is 132 Å². The summed E-state index contributed by atoms with van der Waals surface area (Å²) in [7, 11) is 1.54. The van der Waals surface area contributed by atoms with Crippen molar-refractivity contribution in [3.63, 3.8) is 0 Å².